The molecule has 0 aromatic carbocycles. The van der Waals surface area contributed by atoms with Gasteiger partial charge >= 0.3 is 5.69 Å². The molecule has 5 atom stereocenters. The fourth-order valence-electron chi connectivity index (χ4n) is 3.16. The summed E-state index contributed by atoms with van der Waals surface area (Å²) in [5.74, 6) is -0.0606. The van der Waals surface area contributed by atoms with Crippen LogP contribution in [0.15, 0.2) is 15.8 Å². The van der Waals surface area contributed by atoms with Gasteiger partial charge in [0.2, 0.25) is 0 Å². The second kappa shape index (κ2) is 8.06. The molecule has 8 heteroatoms. The monoisotopic (exact) mass is 342 g/mol. The molecule has 1 aromatic rings. The summed E-state index contributed by atoms with van der Waals surface area (Å²) < 4.78 is 12.1. The maximum Gasteiger partial charge on any atom is 0.330 e. The lowest BCUT2D eigenvalue weighted by Gasteiger charge is -2.23. The molecule has 3 N–H and O–H groups in total. The van der Waals surface area contributed by atoms with Gasteiger partial charge in [-0.3, -0.25) is 14.3 Å². The van der Waals surface area contributed by atoms with Gasteiger partial charge in [-0.15, -0.1) is 0 Å². The van der Waals surface area contributed by atoms with E-state index in [0.29, 0.717) is 24.5 Å². The van der Waals surface area contributed by atoms with Crippen molar-refractivity contribution >= 4 is 0 Å². The van der Waals surface area contributed by atoms with E-state index in [1.54, 1.807) is 14.0 Å². The van der Waals surface area contributed by atoms with Gasteiger partial charge in [0.25, 0.3) is 5.56 Å². The van der Waals surface area contributed by atoms with Crippen molar-refractivity contribution in [2.75, 3.05) is 20.3 Å². The molecule has 1 aliphatic heterocycles. The zero-order valence-electron chi connectivity index (χ0n) is 14.3. The number of nitrogens with zero attached hydrogens (tertiary/aromatic N) is 1. The average molecular weight is 342 g/mol. The first kappa shape index (κ1) is 18.9. The van der Waals surface area contributed by atoms with Crippen LogP contribution >= 0.6 is 0 Å². The Morgan fingerprint density at radius 3 is 2.79 bits per heavy atom. The molecular weight excluding hydrogens is 316 g/mol. The topological polar surface area (TPSA) is 114 Å². The van der Waals surface area contributed by atoms with E-state index < -0.39 is 29.7 Å². The number of aliphatic hydroxyl groups is 2. The molecule has 24 heavy (non-hydrogen) atoms. The number of ether oxygens (including phenoxy) is 2. The minimum Gasteiger partial charge on any atom is -0.394 e. The smallest absolute Gasteiger partial charge is 0.330 e. The number of aromatic nitrogens is 2. The molecule has 1 fully saturated rings. The Hall–Kier alpha value is -1.48. The van der Waals surface area contributed by atoms with E-state index in [-0.39, 0.29) is 12.5 Å². The Labute approximate surface area is 140 Å². The highest BCUT2D eigenvalue weighted by atomic mass is 16.5. The molecule has 0 saturated carbocycles. The number of rotatable bonds is 7. The number of hydrogen-bond donors (Lipinski definition) is 3. The van der Waals surface area contributed by atoms with Crippen molar-refractivity contribution in [3.63, 3.8) is 0 Å². The van der Waals surface area contributed by atoms with Gasteiger partial charge in [0.15, 0.2) is 0 Å². The van der Waals surface area contributed by atoms with E-state index in [2.05, 4.69) is 4.98 Å². The molecule has 0 aliphatic carbocycles. The molecule has 2 rings (SSSR count). The second-order valence-corrected chi connectivity index (χ2v) is 6.52. The van der Waals surface area contributed by atoms with E-state index in [9.17, 15) is 19.8 Å². The van der Waals surface area contributed by atoms with Crippen molar-refractivity contribution in [1.82, 2.24) is 9.55 Å². The molecule has 2 heterocycles. The Morgan fingerprint density at radius 1 is 1.46 bits per heavy atom. The van der Waals surface area contributed by atoms with Crippen molar-refractivity contribution in [3.05, 3.63) is 32.6 Å². The molecule has 136 valence electrons. The van der Waals surface area contributed by atoms with Crippen molar-refractivity contribution in [2.45, 2.75) is 45.1 Å². The van der Waals surface area contributed by atoms with Gasteiger partial charge in [0.1, 0.15) is 12.3 Å². The predicted octanol–water partition coefficient (Wildman–Crippen LogP) is -0.225. The second-order valence-electron chi connectivity index (χ2n) is 6.52. The fourth-order valence-corrected chi connectivity index (χ4v) is 3.16. The zero-order chi connectivity index (χ0) is 17.9. The molecule has 1 aromatic heterocycles. The third-order valence-electron chi connectivity index (χ3n) is 4.54. The van der Waals surface area contributed by atoms with Gasteiger partial charge in [0, 0.05) is 31.4 Å². The highest BCUT2D eigenvalue weighted by Gasteiger charge is 2.44. The first-order chi connectivity index (χ1) is 11.4. The molecule has 0 bridgehead atoms. The van der Waals surface area contributed by atoms with Crippen LogP contribution in [0.4, 0.5) is 0 Å². The van der Waals surface area contributed by atoms with Crippen molar-refractivity contribution < 1.29 is 19.7 Å². The maximum atomic E-state index is 12.1. The Morgan fingerprint density at radius 2 is 2.17 bits per heavy atom. The summed E-state index contributed by atoms with van der Waals surface area (Å²) in [4.78, 5) is 25.9. The van der Waals surface area contributed by atoms with Gasteiger partial charge in [-0.05, 0) is 25.7 Å². The number of aryl methyl sites for hydroxylation is 1. The highest BCUT2D eigenvalue weighted by molar-refractivity contribution is 5.03. The first-order valence-electron chi connectivity index (χ1n) is 8.14. The van der Waals surface area contributed by atoms with Gasteiger partial charge in [-0.2, -0.15) is 0 Å². The Kier molecular flexibility index (Phi) is 6.34. The molecule has 8 nitrogen and oxygen atoms in total. The molecule has 0 amide bonds. The van der Waals surface area contributed by atoms with E-state index in [0.717, 1.165) is 6.42 Å². The molecule has 0 radical (unpaired) electrons. The van der Waals surface area contributed by atoms with Crippen molar-refractivity contribution in [3.8, 4) is 0 Å². The van der Waals surface area contributed by atoms with Crippen LogP contribution in [0.25, 0.3) is 0 Å². The lowest BCUT2D eigenvalue weighted by Crippen LogP contribution is -2.36. The standard InChI is InChI=1S/C16H26N2O6/c1-9(8-23-3)4-5-11-13(20)12(7-19)24-15(11)18-6-10(2)14(21)17-16(18)22/h6,9,11-13,15,19-20H,4-5,7-8H2,1-3H3,(H,17,21,22)/t9-,11-,12+,13?,15+/m0/s1. The quantitative estimate of drug-likeness (QED) is 0.631. The lowest BCUT2D eigenvalue weighted by molar-refractivity contribution is -0.0485. The first-order valence-corrected chi connectivity index (χ1v) is 8.14. The number of aliphatic hydroxyl groups excluding tert-OH is 2. The summed E-state index contributed by atoms with van der Waals surface area (Å²) in [6, 6.07) is 0. The Bertz CT molecular complexity index is 655. The molecular formula is C16H26N2O6. The minimum absolute atomic E-state index is 0.296. The van der Waals surface area contributed by atoms with Crippen molar-refractivity contribution in [1.29, 1.82) is 0 Å². The van der Waals surface area contributed by atoms with Crippen LogP contribution in [-0.2, 0) is 9.47 Å². The molecule has 1 aliphatic rings. The van der Waals surface area contributed by atoms with Crippen LogP contribution < -0.4 is 11.2 Å². The molecule has 1 unspecified atom stereocenters. The number of hydrogen-bond acceptors (Lipinski definition) is 6. The number of H-pyrrole nitrogens is 1. The summed E-state index contributed by atoms with van der Waals surface area (Å²) in [7, 11) is 1.64. The zero-order valence-corrected chi connectivity index (χ0v) is 14.3. The van der Waals surface area contributed by atoms with E-state index in [1.165, 1.54) is 10.8 Å². The van der Waals surface area contributed by atoms with E-state index in [4.69, 9.17) is 9.47 Å². The third-order valence-corrected chi connectivity index (χ3v) is 4.54. The maximum absolute atomic E-state index is 12.1. The van der Waals surface area contributed by atoms with Crippen LogP contribution in [0.3, 0.4) is 0 Å². The molecule has 1 saturated heterocycles. The van der Waals surface area contributed by atoms with E-state index >= 15 is 0 Å². The largest absolute Gasteiger partial charge is 0.394 e. The van der Waals surface area contributed by atoms with E-state index in [1.807, 2.05) is 6.92 Å². The van der Waals surface area contributed by atoms with Gasteiger partial charge in [-0.25, -0.2) is 4.79 Å². The number of aromatic amines is 1. The predicted molar refractivity (Wildman–Crippen MR) is 86.8 cm³/mol. The lowest BCUT2D eigenvalue weighted by atomic mass is 9.91. The number of nitrogens with one attached hydrogen (secondary N) is 1. The van der Waals surface area contributed by atoms with Crippen LogP contribution in [0.1, 0.15) is 31.6 Å². The van der Waals surface area contributed by atoms with Gasteiger partial charge in [-0.1, -0.05) is 6.92 Å². The minimum atomic E-state index is -0.881. The summed E-state index contributed by atoms with van der Waals surface area (Å²) >= 11 is 0. The number of methoxy groups -OCH3 is 1. The summed E-state index contributed by atoms with van der Waals surface area (Å²) in [5.41, 5.74) is -0.651. The van der Waals surface area contributed by atoms with Crippen LogP contribution in [0.2, 0.25) is 0 Å². The van der Waals surface area contributed by atoms with Crippen LogP contribution in [-0.4, -0.2) is 52.3 Å². The average Bonchev–Trinajstić information content (AvgIpc) is 2.85. The Balaban J connectivity index is 2.26. The third kappa shape index (κ3) is 3.94. The summed E-state index contributed by atoms with van der Waals surface area (Å²) in [6.07, 6.45) is 0.465. The summed E-state index contributed by atoms with van der Waals surface area (Å²) in [6.45, 7) is 3.91. The molecule has 0 spiro atoms. The van der Waals surface area contributed by atoms with Gasteiger partial charge in [0.05, 0.1) is 12.7 Å². The van der Waals surface area contributed by atoms with Gasteiger partial charge < -0.3 is 19.7 Å². The van der Waals surface area contributed by atoms with Crippen LogP contribution in [0, 0.1) is 18.8 Å². The summed E-state index contributed by atoms with van der Waals surface area (Å²) in [5, 5.41) is 19.8. The fraction of sp³-hybridized carbons (Fsp3) is 0.750. The highest BCUT2D eigenvalue weighted by Crippen LogP contribution is 2.37. The SMILES string of the molecule is COC[C@@H](C)CC[C@H]1C(O)[C@@H](CO)O[C@H]1n1cc(C)c(=O)[nH]c1=O. The van der Waals surface area contributed by atoms with Crippen LogP contribution in [0.5, 0.6) is 0 Å². The normalized spacial score (nSPS) is 28.2. The van der Waals surface area contributed by atoms with Crippen molar-refractivity contribution in [2.24, 2.45) is 11.8 Å².